The van der Waals surface area contributed by atoms with Crippen molar-refractivity contribution < 1.29 is 22.7 Å². The van der Waals surface area contributed by atoms with Crippen LogP contribution in [0.5, 0.6) is 0 Å². The summed E-state index contributed by atoms with van der Waals surface area (Å²) < 4.78 is 27.7. The molecule has 27 heavy (non-hydrogen) atoms. The number of nitrogens with two attached hydrogens (primary N) is 1. The van der Waals surface area contributed by atoms with Crippen molar-refractivity contribution in [2.24, 2.45) is 22.9 Å². The average Bonchev–Trinajstić information content (AvgIpc) is 2.82. The minimum atomic E-state index is -3.54. The Balaban J connectivity index is 1.69. The SMILES string of the molecule is CC(C)(C)OC(=O)NCC1CCC(CN2CC(CS(N)(=O)=O)CC2=O)CC1. The van der Waals surface area contributed by atoms with Crippen LogP contribution in [0.3, 0.4) is 0 Å². The molecule has 1 saturated carbocycles. The minimum absolute atomic E-state index is 0.0253. The number of carbonyl (C=O) groups is 2. The van der Waals surface area contributed by atoms with Crippen LogP contribution in [0.1, 0.15) is 52.9 Å². The molecule has 2 aliphatic rings. The monoisotopic (exact) mass is 403 g/mol. The molecular weight excluding hydrogens is 370 g/mol. The van der Waals surface area contributed by atoms with Gasteiger partial charge in [0.15, 0.2) is 0 Å². The number of rotatable bonds is 6. The van der Waals surface area contributed by atoms with Gasteiger partial charge in [-0.25, -0.2) is 18.4 Å². The van der Waals surface area contributed by atoms with Gasteiger partial charge in [-0.15, -0.1) is 0 Å². The zero-order valence-electron chi connectivity index (χ0n) is 16.6. The molecule has 3 N–H and O–H groups in total. The van der Waals surface area contributed by atoms with E-state index in [2.05, 4.69) is 5.32 Å². The van der Waals surface area contributed by atoms with Crippen molar-refractivity contribution in [1.29, 1.82) is 0 Å². The highest BCUT2D eigenvalue weighted by Gasteiger charge is 2.34. The predicted octanol–water partition coefficient (Wildman–Crippen LogP) is 1.45. The van der Waals surface area contributed by atoms with E-state index in [4.69, 9.17) is 9.88 Å². The Bertz CT molecular complexity index is 636. The molecule has 0 aromatic rings. The molecule has 0 spiro atoms. The number of likely N-dealkylation sites (tertiary alicyclic amines) is 1. The number of nitrogens with zero attached hydrogens (tertiary/aromatic N) is 1. The molecule has 2 rings (SSSR count). The van der Waals surface area contributed by atoms with E-state index in [9.17, 15) is 18.0 Å². The van der Waals surface area contributed by atoms with Crippen LogP contribution < -0.4 is 10.5 Å². The van der Waals surface area contributed by atoms with Crippen molar-refractivity contribution in [2.75, 3.05) is 25.4 Å². The number of alkyl carbamates (subject to hydrolysis) is 1. The molecule has 8 nitrogen and oxygen atoms in total. The second-order valence-corrected chi connectivity index (χ2v) is 10.6. The zero-order valence-corrected chi connectivity index (χ0v) is 17.4. The summed E-state index contributed by atoms with van der Waals surface area (Å²) in [5.41, 5.74) is -0.495. The maximum atomic E-state index is 12.1. The van der Waals surface area contributed by atoms with Gasteiger partial charge in [0.05, 0.1) is 5.75 Å². The van der Waals surface area contributed by atoms with Crippen molar-refractivity contribution in [3.05, 3.63) is 0 Å². The van der Waals surface area contributed by atoms with Crippen molar-refractivity contribution in [2.45, 2.75) is 58.5 Å². The van der Waals surface area contributed by atoms with Crippen LogP contribution in [0.2, 0.25) is 0 Å². The molecule has 1 aliphatic heterocycles. The lowest BCUT2D eigenvalue weighted by atomic mass is 9.81. The second-order valence-electron chi connectivity index (χ2n) is 8.97. The minimum Gasteiger partial charge on any atom is -0.444 e. The number of primary sulfonamides is 1. The molecular formula is C18H33N3O5S. The molecule has 1 saturated heterocycles. The Hall–Kier alpha value is -1.35. The van der Waals surface area contributed by atoms with E-state index < -0.39 is 15.6 Å². The molecule has 0 aromatic heterocycles. The van der Waals surface area contributed by atoms with E-state index in [0.717, 1.165) is 25.7 Å². The molecule has 156 valence electrons. The fraction of sp³-hybridized carbons (Fsp3) is 0.889. The van der Waals surface area contributed by atoms with Gasteiger partial charge in [0.25, 0.3) is 0 Å². The van der Waals surface area contributed by atoms with E-state index in [1.54, 1.807) is 4.90 Å². The predicted molar refractivity (Wildman–Crippen MR) is 102 cm³/mol. The summed E-state index contributed by atoms with van der Waals surface area (Å²) in [5, 5.41) is 7.93. The Morgan fingerprint density at radius 2 is 1.78 bits per heavy atom. The summed E-state index contributed by atoms with van der Waals surface area (Å²) in [4.78, 5) is 25.7. The molecule has 1 atom stereocenters. The lowest BCUT2D eigenvalue weighted by Crippen LogP contribution is -2.37. The molecule has 1 heterocycles. The van der Waals surface area contributed by atoms with Gasteiger partial charge in [-0.1, -0.05) is 0 Å². The standard InChI is InChI=1S/C18H33N3O5S/c1-18(2,3)26-17(23)20-9-13-4-6-14(7-5-13)10-21-11-15(8-16(21)22)12-27(19,24)25/h13-15H,4-12H2,1-3H3,(H,20,23)(H2,19,24,25). The molecule has 2 fully saturated rings. The zero-order chi connectivity index (χ0) is 20.2. The fourth-order valence-electron chi connectivity index (χ4n) is 3.94. The molecule has 0 radical (unpaired) electrons. The number of hydrogen-bond acceptors (Lipinski definition) is 5. The summed E-state index contributed by atoms with van der Waals surface area (Å²) in [6, 6.07) is 0. The van der Waals surface area contributed by atoms with Gasteiger partial charge in [0.1, 0.15) is 5.60 Å². The average molecular weight is 404 g/mol. The van der Waals surface area contributed by atoms with Crippen LogP contribution in [-0.4, -0.2) is 56.3 Å². The van der Waals surface area contributed by atoms with Crippen molar-refractivity contribution in [3.63, 3.8) is 0 Å². The number of carbonyl (C=O) groups excluding carboxylic acids is 2. The first-order valence-electron chi connectivity index (χ1n) is 9.66. The van der Waals surface area contributed by atoms with E-state index in [-0.39, 0.29) is 30.1 Å². The lowest BCUT2D eigenvalue weighted by molar-refractivity contribution is -0.128. The number of sulfonamides is 1. The third kappa shape index (κ3) is 8.04. The number of ether oxygens (including phenoxy) is 1. The number of amides is 2. The summed E-state index contributed by atoms with van der Waals surface area (Å²) in [7, 11) is -3.54. The van der Waals surface area contributed by atoms with Gasteiger partial charge in [-0.05, 0) is 58.3 Å². The maximum Gasteiger partial charge on any atom is 0.407 e. The summed E-state index contributed by atoms with van der Waals surface area (Å²) in [5.74, 6) is 0.565. The summed E-state index contributed by atoms with van der Waals surface area (Å²) in [6.45, 7) is 7.29. The van der Waals surface area contributed by atoms with E-state index in [0.29, 0.717) is 31.5 Å². The van der Waals surface area contributed by atoms with Crippen molar-refractivity contribution in [3.8, 4) is 0 Å². The first-order valence-corrected chi connectivity index (χ1v) is 11.4. The first-order chi connectivity index (χ1) is 12.4. The third-order valence-electron chi connectivity index (χ3n) is 5.14. The summed E-state index contributed by atoms with van der Waals surface area (Å²) >= 11 is 0. The van der Waals surface area contributed by atoms with Gasteiger partial charge >= 0.3 is 6.09 Å². The third-order valence-corrected chi connectivity index (χ3v) is 6.08. The van der Waals surface area contributed by atoms with Crippen LogP contribution in [-0.2, 0) is 19.6 Å². The highest BCUT2D eigenvalue weighted by molar-refractivity contribution is 7.89. The van der Waals surface area contributed by atoms with Crippen LogP contribution in [0.15, 0.2) is 0 Å². The van der Waals surface area contributed by atoms with Gasteiger partial charge in [0.2, 0.25) is 15.9 Å². The van der Waals surface area contributed by atoms with Crippen LogP contribution in [0.4, 0.5) is 4.79 Å². The van der Waals surface area contributed by atoms with Crippen molar-refractivity contribution in [1.82, 2.24) is 10.2 Å². The van der Waals surface area contributed by atoms with Gasteiger partial charge in [0, 0.05) is 32.0 Å². The first kappa shape index (κ1) is 21.9. The lowest BCUT2D eigenvalue weighted by Gasteiger charge is -2.31. The Labute approximate surface area is 162 Å². The second kappa shape index (κ2) is 8.77. The largest absolute Gasteiger partial charge is 0.444 e. The normalized spacial score (nSPS) is 26.9. The molecule has 1 unspecified atom stereocenters. The highest BCUT2D eigenvalue weighted by atomic mass is 32.2. The smallest absolute Gasteiger partial charge is 0.407 e. The molecule has 9 heteroatoms. The topological polar surface area (TPSA) is 119 Å². The Kier molecular flexibility index (Phi) is 7.13. The molecule has 1 aliphatic carbocycles. The number of nitrogens with one attached hydrogen (secondary N) is 1. The maximum absolute atomic E-state index is 12.1. The van der Waals surface area contributed by atoms with Gasteiger partial charge in [-0.2, -0.15) is 0 Å². The Morgan fingerprint density at radius 1 is 1.19 bits per heavy atom. The van der Waals surface area contributed by atoms with E-state index >= 15 is 0 Å². The van der Waals surface area contributed by atoms with E-state index in [1.165, 1.54) is 0 Å². The Morgan fingerprint density at radius 3 is 2.33 bits per heavy atom. The number of hydrogen-bond donors (Lipinski definition) is 2. The van der Waals surface area contributed by atoms with Gasteiger partial charge < -0.3 is 15.0 Å². The van der Waals surface area contributed by atoms with Crippen LogP contribution >= 0.6 is 0 Å². The quantitative estimate of drug-likeness (QED) is 0.696. The van der Waals surface area contributed by atoms with Crippen LogP contribution in [0.25, 0.3) is 0 Å². The fourth-order valence-corrected chi connectivity index (χ4v) is 4.82. The molecule has 2 amide bonds. The molecule has 0 bridgehead atoms. The molecule has 0 aromatic carbocycles. The summed E-state index contributed by atoms with van der Waals surface area (Å²) in [6.07, 6.45) is 3.90. The van der Waals surface area contributed by atoms with E-state index in [1.807, 2.05) is 20.8 Å². The van der Waals surface area contributed by atoms with Crippen molar-refractivity contribution >= 4 is 22.0 Å². The van der Waals surface area contributed by atoms with Gasteiger partial charge in [-0.3, -0.25) is 4.79 Å². The highest BCUT2D eigenvalue weighted by Crippen LogP contribution is 2.31. The van der Waals surface area contributed by atoms with Crippen LogP contribution in [0, 0.1) is 17.8 Å².